The quantitative estimate of drug-likeness (QED) is 0.774. The second-order valence-electron chi connectivity index (χ2n) is 4.28. The van der Waals surface area contributed by atoms with Gasteiger partial charge < -0.3 is 14.8 Å². The zero-order valence-corrected chi connectivity index (χ0v) is 9.40. The maximum absolute atomic E-state index is 4.56. The summed E-state index contributed by atoms with van der Waals surface area (Å²) in [7, 11) is 2.16. The van der Waals surface area contributed by atoms with Crippen LogP contribution in [0.1, 0.15) is 0 Å². The van der Waals surface area contributed by atoms with E-state index in [4.69, 9.17) is 0 Å². The number of hydrogen-bond donors (Lipinski definition) is 1. The van der Waals surface area contributed by atoms with E-state index in [9.17, 15) is 0 Å². The van der Waals surface area contributed by atoms with Gasteiger partial charge >= 0.3 is 0 Å². The Bertz CT molecular complexity index is 449. The van der Waals surface area contributed by atoms with E-state index in [-0.39, 0.29) is 0 Å². The van der Waals surface area contributed by atoms with Crippen molar-refractivity contribution < 1.29 is 0 Å². The van der Waals surface area contributed by atoms with Crippen molar-refractivity contribution in [2.24, 2.45) is 0 Å². The average molecular weight is 215 g/mol. The molecular weight excluding hydrogens is 200 g/mol. The second-order valence-corrected chi connectivity index (χ2v) is 4.28. The molecule has 0 bridgehead atoms. The monoisotopic (exact) mass is 215 g/mol. The Morgan fingerprint density at radius 1 is 1.31 bits per heavy atom. The average Bonchev–Trinajstić information content (AvgIpc) is 2.73. The lowest BCUT2D eigenvalue weighted by Crippen LogP contribution is -2.44. The van der Waals surface area contributed by atoms with Gasteiger partial charge in [-0.25, -0.2) is 4.98 Å². The summed E-state index contributed by atoms with van der Waals surface area (Å²) in [4.78, 5) is 12.5. The number of para-hydroxylation sites is 1. The van der Waals surface area contributed by atoms with Gasteiger partial charge in [0.2, 0.25) is 5.95 Å². The minimum absolute atomic E-state index is 0.927. The standard InChI is InChI=1S/C12H15N4/c1-15-6-8-16(9-7-15)12-13-10-4-2-3-5-11(10)14-12/h2-4H,6-9H2,1H3,(H,13,14). The van der Waals surface area contributed by atoms with Crippen molar-refractivity contribution in [2.75, 3.05) is 38.1 Å². The normalized spacial score (nSPS) is 18.2. The van der Waals surface area contributed by atoms with Crippen LogP contribution in [0.3, 0.4) is 0 Å². The number of rotatable bonds is 1. The van der Waals surface area contributed by atoms with Crippen molar-refractivity contribution in [2.45, 2.75) is 0 Å². The van der Waals surface area contributed by atoms with Crippen molar-refractivity contribution >= 4 is 17.0 Å². The molecule has 0 spiro atoms. The van der Waals surface area contributed by atoms with E-state index < -0.39 is 0 Å². The van der Waals surface area contributed by atoms with Crippen molar-refractivity contribution in [1.29, 1.82) is 0 Å². The molecule has 0 atom stereocenters. The highest BCUT2D eigenvalue weighted by atomic mass is 15.3. The van der Waals surface area contributed by atoms with Crippen molar-refractivity contribution in [3.8, 4) is 0 Å². The summed E-state index contributed by atoms with van der Waals surface area (Å²) in [6.45, 7) is 4.27. The smallest absolute Gasteiger partial charge is 0.203 e. The summed E-state index contributed by atoms with van der Waals surface area (Å²) >= 11 is 0. The van der Waals surface area contributed by atoms with Crippen LogP contribution in [0.25, 0.3) is 11.0 Å². The van der Waals surface area contributed by atoms with Gasteiger partial charge in [-0.2, -0.15) is 0 Å². The number of benzene rings is 1. The molecule has 1 aliphatic rings. The van der Waals surface area contributed by atoms with Gasteiger partial charge in [0.15, 0.2) is 0 Å². The molecule has 1 fully saturated rings. The maximum atomic E-state index is 4.56. The molecule has 1 radical (unpaired) electrons. The molecule has 4 heteroatoms. The van der Waals surface area contributed by atoms with E-state index >= 15 is 0 Å². The highest BCUT2D eigenvalue weighted by Gasteiger charge is 2.16. The molecule has 1 aliphatic heterocycles. The third-order valence-corrected chi connectivity index (χ3v) is 3.10. The molecule has 2 aromatic rings. The lowest BCUT2D eigenvalue weighted by Gasteiger charge is -2.32. The number of nitrogens with one attached hydrogen (secondary N) is 1. The number of aromatic nitrogens is 2. The van der Waals surface area contributed by atoms with Crippen LogP contribution in [0.5, 0.6) is 0 Å². The summed E-state index contributed by atoms with van der Waals surface area (Å²) < 4.78 is 0. The third-order valence-electron chi connectivity index (χ3n) is 3.10. The Hall–Kier alpha value is -1.55. The first-order chi connectivity index (χ1) is 7.83. The van der Waals surface area contributed by atoms with E-state index in [0.717, 1.165) is 43.2 Å². The van der Waals surface area contributed by atoms with Crippen LogP contribution in [0.4, 0.5) is 5.95 Å². The molecule has 16 heavy (non-hydrogen) atoms. The van der Waals surface area contributed by atoms with Crippen LogP contribution in [0, 0.1) is 6.07 Å². The van der Waals surface area contributed by atoms with Crippen LogP contribution >= 0.6 is 0 Å². The number of imidazole rings is 1. The van der Waals surface area contributed by atoms with Gasteiger partial charge in [-0.1, -0.05) is 12.1 Å². The lowest BCUT2D eigenvalue weighted by molar-refractivity contribution is 0.311. The Morgan fingerprint density at radius 2 is 2.12 bits per heavy atom. The zero-order valence-electron chi connectivity index (χ0n) is 9.40. The highest BCUT2D eigenvalue weighted by molar-refractivity contribution is 5.76. The molecule has 4 nitrogen and oxygen atoms in total. The van der Waals surface area contributed by atoms with Crippen molar-refractivity contribution in [1.82, 2.24) is 14.9 Å². The Labute approximate surface area is 94.9 Å². The van der Waals surface area contributed by atoms with Gasteiger partial charge in [0, 0.05) is 32.2 Å². The number of nitrogens with zero attached hydrogens (tertiary/aromatic N) is 3. The van der Waals surface area contributed by atoms with Crippen LogP contribution in [0.15, 0.2) is 18.2 Å². The number of fused-ring (bicyclic) bond motifs is 1. The summed E-state index contributed by atoms with van der Waals surface area (Å²) in [6, 6.07) is 9.06. The number of H-pyrrole nitrogens is 1. The molecule has 1 aromatic carbocycles. The van der Waals surface area contributed by atoms with E-state index in [0.29, 0.717) is 0 Å². The Kier molecular flexibility index (Phi) is 2.29. The van der Waals surface area contributed by atoms with E-state index in [1.54, 1.807) is 0 Å². The molecule has 1 aromatic heterocycles. The van der Waals surface area contributed by atoms with Crippen molar-refractivity contribution in [3.05, 3.63) is 24.3 Å². The molecule has 3 rings (SSSR count). The molecule has 0 saturated carbocycles. The van der Waals surface area contributed by atoms with E-state index in [1.807, 2.05) is 18.2 Å². The molecule has 0 amide bonds. The lowest BCUT2D eigenvalue weighted by atomic mass is 10.3. The fourth-order valence-corrected chi connectivity index (χ4v) is 2.04. The van der Waals surface area contributed by atoms with Crippen LogP contribution in [-0.4, -0.2) is 48.1 Å². The minimum atomic E-state index is 0.927. The number of aromatic amines is 1. The van der Waals surface area contributed by atoms with Crippen LogP contribution < -0.4 is 4.90 Å². The van der Waals surface area contributed by atoms with Gasteiger partial charge in [0.25, 0.3) is 0 Å². The molecule has 1 N–H and O–H groups in total. The van der Waals surface area contributed by atoms with Gasteiger partial charge in [-0.3, -0.25) is 0 Å². The predicted octanol–water partition coefficient (Wildman–Crippen LogP) is 1.11. The predicted molar refractivity (Wildman–Crippen MR) is 64.6 cm³/mol. The Balaban J connectivity index is 1.88. The summed E-state index contributed by atoms with van der Waals surface area (Å²) in [5.74, 6) is 0.977. The molecule has 83 valence electrons. The third kappa shape index (κ3) is 1.65. The molecule has 2 heterocycles. The number of anilines is 1. The Morgan fingerprint density at radius 3 is 2.88 bits per heavy atom. The first-order valence-electron chi connectivity index (χ1n) is 5.63. The number of hydrogen-bond acceptors (Lipinski definition) is 3. The van der Waals surface area contributed by atoms with Crippen LogP contribution in [0.2, 0.25) is 0 Å². The second kappa shape index (κ2) is 3.79. The van der Waals surface area contributed by atoms with Crippen LogP contribution in [-0.2, 0) is 0 Å². The largest absolute Gasteiger partial charge is 0.340 e. The summed E-state index contributed by atoms with van der Waals surface area (Å²) in [5.41, 5.74) is 1.99. The topological polar surface area (TPSA) is 35.2 Å². The maximum Gasteiger partial charge on any atom is 0.203 e. The molecule has 0 unspecified atom stereocenters. The number of piperazine rings is 1. The summed E-state index contributed by atoms with van der Waals surface area (Å²) in [6.07, 6.45) is 0. The van der Waals surface area contributed by atoms with Crippen molar-refractivity contribution in [3.63, 3.8) is 0 Å². The fourth-order valence-electron chi connectivity index (χ4n) is 2.04. The first kappa shape index (κ1) is 9.66. The van der Waals surface area contributed by atoms with Gasteiger partial charge in [0.1, 0.15) is 0 Å². The highest BCUT2D eigenvalue weighted by Crippen LogP contribution is 2.17. The van der Waals surface area contributed by atoms with Gasteiger partial charge in [0.05, 0.1) is 11.0 Å². The minimum Gasteiger partial charge on any atom is -0.340 e. The summed E-state index contributed by atoms with van der Waals surface area (Å²) in [5, 5.41) is 0. The fraction of sp³-hybridized carbons (Fsp3) is 0.417. The van der Waals surface area contributed by atoms with Gasteiger partial charge in [-0.05, 0) is 13.1 Å². The van der Waals surface area contributed by atoms with E-state index in [1.165, 1.54) is 0 Å². The molecule has 1 saturated heterocycles. The molecular formula is C12H15N4. The SMILES string of the molecule is CN1CCN(c2nc3[c]cccc3[nH]2)CC1. The molecule has 0 aliphatic carbocycles. The van der Waals surface area contributed by atoms with E-state index in [2.05, 4.69) is 32.9 Å². The zero-order chi connectivity index (χ0) is 11.0. The van der Waals surface area contributed by atoms with Gasteiger partial charge in [-0.15, -0.1) is 0 Å². The number of likely N-dealkylation sites (N-methyl/N-ethyl adjacent to an activating group) is 1. The first-order valence-corrected chi connectivity index (χ1v) is 5.63.